The number of anilines is 1. The molecule has 0 bridgehead atoms. The molecule has 4 nitrogen and oxygen atoms in total. The zero-order valence-corrected chi connectivity index (χ0v) is 7.47. The van der Waals surface area contributed by atoms with E-state index >= 15 is 0 Å². The number of nitrogen functional groups attached to an aromatic ring is 1. The second-order valence-electron chi connectivity index (χ2n) is 3.10. The predicted octanol–water partition coefficient (Wildman–Crippen LogP) is 1.69. The molecular formula is C10H9N3O. The van der Waals surface area contributed by atoms with Crippen LogP contribution in [0.25, 0.3) is 0 Å². The van der Waals surface area contributed by atoms with Gasteiger partial charge in [-0.05, 0) is 17.7 Å². The molecule has 0 fully saturated rings. The minimum atomic E-state index is -0.257. The van der Waals surface area contributed by atoms with Crippen molar-refractivity contribution in [2.24, 2.45) is 10.2 Å². The molecule has 0 radical (unpaired) electrons. The molecule has 1 aliphatic rings. The number of nitrogens with zero attached hydrogens (tertiary/aromatic N) is 2. The fourth-order valence-electron chi connectivity index (χ4n) is 1.31. The molecule has 0 saturated carbocycles. The number of nitrogens with two attached hydrogens (primary N) is 1. The number of carbonyl (C=O) groups is 1. The summed E-state index contributed by atoms with van der Waals surface area (Å²) in [5.41, 5.74) is 7.92. The lowest BCUT2D eigenvalue weighted by Crippen LogP contribution is -1.99. The first-order valence-corrected chi connectivity index (χ1v) is 4.24. The summed E-state index contributed by atoms with van der Waals surface area (Å²) in [5.74, 6) is -0.257. The van der Waals surface area contributed by atoms with Crippen LogP contribution in [0.5, 0.6) is 0 Å². The zero-order valence-electron chi connectivity index (χ0n) is 7.47. The third kappa shape index (κ3) is 1.69. The highest BCUT2D eigenvalue weighted by molar-refractivity contribution is 5.95. The number of hydrogen-bond acceptors (Lipinski definition) is 3. The van der Waals surface area contributed by atoms with E-state index in [1.54, 1.807) is 0 Å². The summed E-state index contributed by atoms with van der Waals surface area (Å²) in [5, 5.41) is 6.94. The van der Waals surface area contributed by atoms with Crippen LogP contribution in [-0.2, 0) is 11.2 Å². The predicted molar refractivity (Wildman–Crippen MR) is 52.5 cm³/mol. The SMILES string of the molecule is Nc1cccc(CC2=CN=NC2=O)c1. The van der Waals surface area contributed by atoms with Gasteiger partial charge in [0.2, 0.25) is 0 Å². The second-order valence-corrected chi connectivity index (χ2v) is 3.10. The summed E-state index contributed by atoms with van der Waals surface area (Å²) in [6.45, 7) is 0. The van der Waals surface area contributed by atoms with Gasteiger partial charge in [-0.25, -0.2) is 0 Å². The molecule has 4 heteroatoms. The fraction of sp³-hybridized carbons (Fsp3) is 0.100. The molecule has 1 aromatic rings. The van der Waals surface area contributed by atoms with E-state index in [0.29, 0.717) is 17.7 Å². The third-order valence-electron chi connectivity index (χ3n) is 1.98. The standard InChI is InChI=1S/C10H9N3O/c11-9-3-1-2-7(5-9)4-8-6-12-13-10(8)14/h1-3,5-6H,4,11H2. The van der Waals surface area contributed by atoms with Gasteiger partial charge in [-0.1, -0.05) is 12.1 Å². The van der Waals surface area contributed by atoms with Crippen LogP contribution in [0, 0.1) is 0 Å². The van der Waals surface area contributed by atoms with Gasteiger partial charge in [0.1, 0.15) is 0 Å². The Morgan fingerprint density at radius 2 is 2.21 bits per heavy atom. The van der Waals surface area contributed by atoms with Gasteiger partial charge in [0.15, 0.2) is 0 Å². The maximum Gasteiger partial charge on any atom is 0.293 e. The molecule has 70 valence electrons. The summed E-state index contributed by atoms with van der Waals surface area (Å²) in [6.07, 6.45) is 2.03. The van der Waals surface area contributed by atoms with Gasteiger partial charge >= 0.3 is 0 Å². The summed E-state index contributed by atoms with van der Waals surface area (Å²) in [6, 6.07) is 7.43. The number of azo groups is 1. The topological polar surface area (TPSA) is 67.8 Å². The summed E-state index contributed by atoms with van der Waals surface area (Å²) < 4.78 is 0. The molecule has 14 heavy (non-hydrogen) atoms. The lowest BCUT2D eigenvalue weighted by atomic mass is 10.1. The van der Waals surface area contributed by atoms with Crippen molar-refractivity contribution in [2.75, 3.05) is 5.73 Å². The monoisotopic (exact) mass is 187 g/mol. The van der Waals surface area contributed by atoms with Gasteiger partial charge in [-0.2, -0.15) is 5.11 Å². The molecule has 0 spiro atoms. The Labute approximate surface area is 81.1 Å². The highest BCUT2D eigenvalue weighted by atomic mass is 16.2. The van der Waals surface area contributed by atoms with Crippen molar-refractivity contribution in [1.29, 1.82) is 0 Å². The number of carbonyl (C=O) groups excluding carboxylic acids is 1. The largest absolute Gasteiger partial charge is 0.399 e. The molecule has 1 heterocycles. The number of hydrogen-bond donors (Lipinski definition) is 1. The van der Waals surface area contributed by atoms with E-state index in [1.807, 2.05) is 24.3 Å². The molecule has 1 amide bonds. The van der Waals surface area contributed by atoms with E-state index in [4.69, 9.17) is 5.73 Å². The first-order valence-electron chi connectivity index (χ1n) is 4.24. The molecule has 1 aliphatic heterocycles. The van der Waals surface area contributed by atoms with E-state index in [2.05, 4.69) is 10.2 Å². The molecule has 1 aromatic carbocycles. The van der Waals surface area contributed by atoms with Crippen molar-refractivity contribution in [3.63, 3.8) is 0 Å². The van der Waals surface area contributed by atoms with E-state index in [9.17, 15) is 4.79 Å². The van der Waals surface area contributed by atoms with Crippen molar-refractivity contribution >= 4 is 11.6 Å². The highest BCUT2D eigenvalue weighted by Crippen LogP contribution is 2.15. The first-order chi connectivity index (χ1) is 6.75. The average molecular weight is 187 g/mol. The van der Waals surface area contributed by atoms with Crippen LogP contribution in [0.1, 0.15) is 5.56 Å². The van der Waals surface area contributed by atoms with Crippen LogP contribution < -0.4 is 5.73 Å². The lowest BCUT2D eigenvalue weighted by molar-refractivity contribution is -0.114. The zero-order chi connectivity index (χ0) is 9.97. The van der Waals surface area contributed by atoms with E-state index in [1.165, 1.54) is 6.20 Å². The molecule has 0 unspecified atom stereocenters. The Morgan fingerprint density at radius 3 is 2.86 bits per heavy atom. The molecule has 0 saturated heterocycles. The maximum absolute atomic E-state index is 11.1. The highest BCUT2D eigenvalue weighted by Gasteiger charge is 2.13. The number of amides is 1. The van der Waals surface area contributed by atoms with Crippen LogP contribution in [0.2, 0.25) is 0 Å². The summed E-state index contributed by atoms with van der Waals surface area (Å²) in [7, 11) is 0. The van der Waals surface area contributed by atoms with E-state index < -0.39 is 0 Å². The molecule has 0 atom stereocenters. The molecule has 0 aromatic heterocycles. The molecule has 2 N–H and O–H groups in total. The van der Waals surface area contributed by atoms with Crippen molar-refractivity contribution < 1.29 is 4.79 Å². The quantitative estimate of drug-likeness (QED) is 0.716. The maximum atomic E-state index is 11.1. The van der Waals surface area contributed by atoms with Gasteiger partial charge < -0.3 is 5.73 Å². The second kappa shape index (κ2) is 3.41. The van der Waals surface area contributed by atoms with Gasteiger partial charge in [-0.15, -0.1) is 5.11 Å². The van der Waals surface area contributed by atoms with Gasteiger partial charge in [0.05, 0.1) is 6.20 Å². The van der Waals surface area contributed by atoms with Crippen molar-refractivity contribution in [1.82, 2.24) is 0 Å². The molecular weight excluding hydrogens is 178 g/mol. The van der Waals surface area contributed by atoms with Crippen LogP contribution in [0.15, 0.2) is 46.3 Å². The Bertz CT molecular complexity index is 435. The third-order valence-corrected chi connectivity index (χ3v) is 1.98. The Morgan fingerprint density at radius 1 is 1.36 bits per heavy atom. The van der Waals surface area contributed by atoms with Crippen molar-refractivity contribution in [2.45, 2.75) is 6.42 Å². The fourth-order valence-corrected chi connectivity index (χ4v) is 1.31. The lowest BCUT2D eigenvalue weighted by Gasteiger charge is -2.00. The van der Waals surface area contributed by atoms with Crippen LogP contribution in [-0.4, -0.2) is 5.91 Å². The summed E-state index contributed by atoms with van der Waals surface area (Å²) >= 11 is 0. The Hall–Kier alpha value is -1.97. The van der Waals surface area contributed by atoms with Gasteiger partial charge in [0.25, 0.3) is 5.91 Å². The van der Waals surface area contributed by atoms with E-state index in [-0.39, 0.29) is 5.91 Å². The van der Waals surface area contributed by atoms with Gasteiger partial charge in [-0.3, -0.25) is 4.79 Å². The first kappa shape index (κ1) is 8.62. The van der Waals surface area contributed by atoms with Crippen molar-refractivity contribution in [3.8, 4) is 0 Å². The minimum Gasteiger partial charge on any atom is -0.399 e. The molecule has 2 rings (SSSR count). The Balaban J connectivity index is 2.16. The van der Waals surface area contributed by atoms with E-state index in [0.717, 1.165) is 5.56 Å². The van der Waals surface area contributed by atoms with Crippen LogP contribution >= 0.6 is 0 Å². The molecule has 0 aliphatic carbocycles. The smallest absolute Gasteiger partial charge is 0.293 e. The Kier molecular flexibility index (Phi) is 2.10. The average Bonchev–Trinajstić information content (AvgIpc) is 2.52. The number of benzene rings is 1. The van der Waals surface area contributed by atoms with Crippen LogP contribution in [0.4, 0.5) is 5.69 Å². The van der Waals surface area contributed by atoms with Gasteiger partial charge in [0, 0.05) is 17.7 Å². The van der Waals surface area contributed by atoms with Crippen LogP contribution in [0.3, 0.4) is 0 Å². The normalized spacial score (nSPS) is 14.6. The summed E-state index contributed by atoms with van der Waals surface area (Å²) in [4.78, 5) is 11.1. The number of rotatable bonds is 2. The van der Waals surface area contributed by atoms with Crippen molar-refractivity contribution in [3.05, 3.63) is 41.6 Å². The minimum absolute atomic E-state index is 0.257.